The standard InChI is InChI=1S/C21H35N5O5S.C6H4F2/c1-5-10-32-19-24-17(23-15-11-14(12-30-15)29-9-8-27)16(22)18(25-19)26(13-6-7-13)20(28)31-21(2,3)4;7-5-3-1-2-4-6(5)8/h13-15,27H,5-12,22H2,1-4H3,(H,23,24,25);1-4H. The molecule has 13 heteroatoms. The number of amides is 1. The molecule has 0 bridgehead atoms. The smallest absolute Gasteiger partial charge is 0.416 e. The summed E-state index contributed by atoms with van der Waals surface area (Å²) in [5.74, 6) is 0.0370. The number of hydrogen-bond donors (Lipinski definition) is 3. The number of ether oxygens (including phenoxy) is 3. The zero-order chi connectivity index (χ0) is 29.3. The summed E-state index contributed by atoms with van der Waals surface area (Å²) in [5.41, 5.74) is 6.13. The number of aromatic nitrogens is 2. The van der Waals surface area contributed by atoms with E-state index >= 15 is 0 Å². The molecule has 4 rings (SSSR count). The summed E-state index contributed by atoms with van der Waals surface area (Å²) < 4.78 is 40.9. The van der Waals surface area contributed by atoms with E-state index in [0.29, 0.717) is 29.8 Å². The third-order valence-corrected chi connectivity index (χ3v) is 6.65. The van der Waals surface area contributed by atoms with Crippen LogP contribution in [0.25, 0.3) is 0 Å². The molecule has 1 saturated carbocycles. The van der Waals surface area contributed by atoms with Crippen molar-refractivity contribution in [2.45, 2.75) is 82.5 Å². The summed E-state index contributed by atoms with van der Waals surface area (Å²) in [6, 6.07) is 5.06. The van der Waals surface area contributed by atoms with E-state index < -0.39 is 23.3 Å². The minimum atomic E-state index is -0.799. The molecule has 2 heterocycles. The van der Waals surface area contributed by atoms with Crippen LogP contribution in [0.2, 0.25) is 0 Å². The molecule has 1 aromatic heterocycles. The highest BCUT2D eigenvalue weighted by molar-refractivity contribution is 7.99. The fourth-order valence-electron chi connectivity index (χ4n) is 3.67. The maximum Gasteiger partial charge on any atom is 0.416 e. The van der Waals surface area contributed by atoms with Gasteiger partial charge < -0.3 is 30.4 Å². The first kappa shape index (κ1) is 31.8. The zero-order valence-electron chi connectivity index (χ0n) is 23.4. The number of thioether (sulfide) groups is 1. The number of aliphatic hydroxyl groups excluding tert-OH is 1. The average molecular weight is 584 g/mol. The lowest BCUT2D eigenvalue weighted by molar-refractivity contribution is 0.0203. The van der Waals surface area contributed by atoms with E-state index in [-0.39, 0.29) is 37.3 Å². The number of nitrogens with zero attached hydrogens (tertiary/aromatic N) is 3. The summed E-state index contributed by atoms with van der Waals surface area (Å²) in [4.78, 5) is 23.8. The molecule has 1 aliphatic carbocycles. The molecular weight excluding hydrogens is 544 g/mol. The highest BCUT2D eigenvalue weighted by Gasteiger charge is 2.39. The van der Waals surface area contributed by atoms with Crippen LogP contribution in [0.5, 0.6) is 0 Å². The number of halogens is 2. The molecule has 10 nitrogen and oxygen atoms in total. The Labute approximate surface area is 238 Å². The molecule has 2 aromatic rings. The Balaban J connectivity index is 0.000000472. The highest BCUT2D eigenvalue weighted by atomic mass is 32.2. The van der Waals surface area contributed by atoms with Crippen LogP contribution in [0.3, 0.4) is 0 Å². The summed E-state index contributed by atoms with van der Waals surface area (Å²) in [7, 11) is 0. The average Bonchev–Trinajstić information content (AvgIpc) is 3.62. The molecule has 2 unspecified atom stereocenters. The summed E-state index contributed by atoms with van der Waals surface area (Å²) in [5, 5.41) is 12.7. The van der Waals surface area contributed by atoms with Gasteiger partial charge in [0.25, 0.3) is 0 Å². The van der Waals surface area contributed by atoms with Crippen LogP contribution in [0.15, 0.2) is 29.4 Å². The van der Waals surface area contributed by atoms with Crippen LogP contribution >= 0.6 is 11.8 Å². The minimum absolute atomic E-state index is 0.0120. The van der Waals surface area contributed by atoms with Crippen molar-refractivity contribution in [3.8, 4) is 0 Å². The molecular formula is C27H39F2N5O5S. The Morgan fingerprint density at radius 3 is 2.48 bits per heavy atom. The van der Waals surface area contributed by atoms with Gasteiger partial charge in [0.1, 0.15) is 17.5 Å². The van der Waals surface area contributed by atoms with Crippen molar-refractivity contribution in [1.82, 2.24) is 9.97 Å². The molecule has 2 aliphatic rings. The Morgan fingerprint density at radius 2 is 1.93 bits per heavy atom. The molecule has 1 amide bonds. The Bertz CT molecular complexity index is 1100. The summed E-state index contributed by atoms with van der Waals surface area (Å²) in [6.07, 6.45) is 2.39. The molecule has 1 aliphatic heterocycles. The zero-order valence-corrected chi connectivity index (χ0v) is 24.2. The van der Waals surface area contributed by atoms with Gasteiger partial charge in [-0.15, -0.1) is 0 Å². The van der Waals surface area contributed by atoms with E-state index in [1.807, 2.05) is 20.8 Å². The number of rotatable bonds is 10. The summed E-state index contributed by atoms with van der Waals surface area (Å²) in [6.45, 7) is 8.24. The predicted octanol–water partition coefficient (Wildman–Crippen LogP) is 4.97. The number of carbonyl (C=O) groups excluding carboxylic acids is 1. The van der Waals surface area contributed by atoms with Crippen LogP contribution in [0, 0.1) is 11.6 Å². The second-order valence-electron chi connectivity index (χ2n) is 10.4. The second kappa shape index (κ2) is 14.8. The van der Waals surface area contributed by atoms with Gasteiger partial charge in [0, 0.05) is 18.2 Å². The third-order valence-electron chi connectivity index (χ3n) is 5.60. The number of nitrogens with one attached hydrogen (secondary N) is 1. The van der Waals surface area contributed by atoms with Gasteiger partial charge in [0.15, 0.2) is 28.4 Å². The van der Waals surface area contributed by atoms with Crippen LogP contribution in [-0.2, 0) is 14.2 Å². The molecule has 40 heavy (non-hydrogen) atoms. The van der Waals surface area contributed by atoms with E-state index in [4.69, 9.17) is 25.1 Å². The number of nitrogens with two attached hydrogens (primary N) is 1. The number of nitrogen functional groups attached to an aromatic ring is 1. The molecule has 1 saturated heterocycles. The van der Waals surface area contributed by atoms with Crippen molar-refractivity contribution in [2.75, 3.05) is 41.5 Å². The molecule has 0 spiro atoms. The van der Waals surface area contributed by atoms with E-state index in [9.17, 15) is 13.6 Å². The van der Waals surface area contributed by atoms with Crippen molar-refractivity contribution in [3.63, 3.8) is 0 Å². The van der Waals surface area contributed by atoms with Gasteiger partial charge in [0.2, 0.25) is 0 Å². The largest absolute Gasteiger partial charge is 0.443 e. The highest BCUT2D eigenvalue weighted by Crippen LogP contribution is 2.39. The van der Waals surface area contributed by atoms with Gasteiger partial charge in [-0.05, 0) is 52.2 Å². The van der Waals surface area contributed by atoms with Gasteiger partial charge in [0.05, 0.1) is 25.9 Å². The fourth-order valence-corrected chi connectivity index (χ4v) is 4.36. The number of hydrogen-bond acceptors (Lipinski definition) is 10. The van der Waals surface area contributed by atoms with E-state index in [2.05, 4.69) is 22.2 Å². The van der Waals surface area contributed by atoms with Crippen LogP contribution in [0.4, 0.5) is 30.9 Å². The van der Waals surface area contributed by atoms with Crippen molar-refractivity contribution in [1.29, 1.82) is 0 Å². The Kier molecular flexibility index (Phi) is 11.7. The Hall–Kier alpha value is -2.74. The van der Waals surface area contributed by atoms with E-state index in [0.717, 1.165) is 37.1 Å². The van der Waals surface area contributed by atoms with Crippen LogP contribution in [0.1, 0.15) is 53.4 Å². The van der Waals surface area contributed by atoms with E-state index in [1.54, 1.807) is 4.90 Å². The van der Waals surface area contributed by atoms with Crippen LogP contribution in [-0.4, -0.2) is 70.7 Å². The summed E-state index contributed by atoms with van der Waals surface area (Å²) >= 11 is 1.51. The minimum Gasteiger partial charge on any atom is -0.443 e. The molecule has 2 atom stereocenters. The SMILES string of the molecule is CCCSc1nc(NC2CC(OCCO)CO2)c(N)c(N(C(=O)OC(C)(C)C)C2CC2)n1.Fc1ccccc1F. The Morgan fingerprint density at radius 1 is 1.25 bits per heavy atom. The fraction of sp³-hybridized carbons (Fsp3) is 0.593. The van der Waals surface area contributed by atoms with Crippen molar-refractivity contribution in [3.05, 3.63) is 35.9 Å². The first-order valence-corrected chi connectivity index (χ1v) is 14.3. The van der Waals surface area contributed by atoms with E-state index in [1.165, 1.54) is 23.9 Å². The molecule has 0 radical (unpaired) electrons. The number of benzene rings is 1. The number of aliphatic hydroxyl groups is 1. The maximum absolute atomic E-state index is 13.0. The normalized spacial score (nSPS) is 18.6. The quantitative estimate of drug-likeness (QED) is 0.260. The van der Waals surface area contributed by atoms with Crippen LogP contribution < -0.4 is 16.0 Å². The lowest BCUT2D eigenvalue weighted by atomic mass is 10.2. The van der Waals surface area contributed by atoms with Gasteiger partial charge in [-0.2, -0.15) is 0 Å². The topological polar surface area (TPSA) is 132 Å². The molecule has 2 fully saturated rings. The monoisotopic (exact) mass is 583 g/mol. The maximum atomic E-state index is 13.0. The molecule has 1 aromatic carbocycles. The van der Waals surface area contributed by atoms with Gasteiger partial charge in [-0.25, -0.2) is 23.5 Å². The van der Waals surface area contributed by atoms with Gasteiger partial charge >= 0.3 is 6.09 Å². The molecule has 4 N–H and O–H groups in total. The van der Waals surface area contributed by atoms with Crippen molar-refractivity contribution in [2.24, 2.45) is 0 Å². The number of carbonyl (C=O) groups is 1. The second-order valence-corrected chi connectivity index (χ2v) is 11.4. The number of anilines is 3. The molecule has 222 valence electrons. The van der Waals surface area contributed by atoms with Gasteiger partial charge in [-0.1, -0.05) is 30.8 Å². The third kappa shape index (κ3) is 9.72. The lowest BCUT2D eigenvalue weighted by Gasteiger charge is -2.28. The van der Waals surface area contributed by atoms with Crippen molar-refractivity contribution < 1.29 is 32.9 Å². The predicted molar refractivity (Wildman–Crippen MR) is 150 cm³/mol. The lowest BCUT2D eigenvalue weighted by Crippen LogP contribution is -2.39. The first-order valence-electron chi connectivity index (χ1n) is 13.4. The van der Waals surface area contributed by atoms with Gasteiger partial charge in [-0.3, -0.25) is 4.90 Å². The first-order chi connectivity index (χ1) is 19.0. The van der Waals surface area contributed by atoms with Crippen molar-refractivity contribution >= 4 is 35.2 Å².